The Balaban J connectivity index is 1.48. The fourth-order valence-electron chi connectivity index (χ4n) is 2.82. The predicted molar refractivity (Wildman–Crippen MR) is 94.7 cm³/mol. The van der Waals surface area contributed by atoms with E-state index in [1.54, 1.807) is 29.2 Å². The molecule has 0 spiro atoms. The molecule has 2 aromatic rings. The summed E-state index contributed by atoms with van der Waals surface area (Å²) in [6, 6.07) is 16.1. The normalized spacial score (nSPS) is 12.7. The quantitative estimate of drug-likeness (QED) is 0.774. The van der Waals surface area contributed by atoms with Crippen LogP contribution in [0.4, 0.5) is 5.69 Å². The Labute approximate surface area is 151 Å². The summed E-state index contributed by atoms with van der Waals surface area (Å²) in [6.45, 7) is 0.00873. The fraction of sp³-hybridized carbons (Fsp3) is 0.250. The molecule has 2 aromatic carbocycles. The van der Waals surface area contributed by atoms with Gasteiger partial charge in [0.1, 0.15) is 5.75 Å². The number of anilines is 1. The lowest BCUT2D eigenvalue weighted by atomic mass is 10.0. The van der Waals surface area contributed by atoms with E-state index in [0.29, 0.717) is 17.9 Å². The smallest absolute Gasteiger partial charge is 0.344 e. The molecule has 0 unspecified atom stereocenters. The lowest BCUT2D eigenvalue weighted by Crippen LogP contribution is -2.38. The Morgan fingerprint density at radius 2 is 1.85 bits per heavy atom. The maximum absolute atomic E-state index is 12.4. The Hall–Kier alpha value is -3.33. The van der Waals surface area contributed by atoms with Crippen molar-refractivity contribution >= 4 is 17.6 Å². The van der Waals surface area contributed by atoms with Crippen molar-refractivity contribution in [3.8, 4) is 11.8 Å². The first-order chi connectivity index (χ1) is 12.7. The third-order valence-corrected chi connectivity index (χ3v) is 4.11. The van der Waals surface area contributed by atoms with Gasteiger partial charge in [0.2, 0.25) is 0 Å². The number of aryl methyl sites for hydroxylation is 1. The van der Waals surface area contributed by atoms with Crippen molar-refractivity contribution in [1.29, 1.82) is 5.26 Å². The van der Waals surface area contributed by atoms with Crippen LogP contribution in [0.5, 0.6) is 5.75 Å². The highest BCUT2D eigenvalue weighted by molar-refractivity contribution is 5.96. The highest BCUT2D eigenvalue weighted by Gasteiger charge is 2.23. The van der Waals surface area contributed by atoms with Gasteiger partial charge in [0.05, 0.1) is 11.6 Å². The number of nitrogens with zero attached hydrogens (tertiary/aromatic N) is 2. The lowest BCUT2D eigenvalue weighted by Gasteiger charge is -2.29. The van der Waals surface area contributed by atoms with Crippen LogP contribution < -0.4 is 9.64 Å². The van der Waals surface area contributed by atoms with E-state index >= 15 is 0 Å². The number of para-hydroxylation sites is 1. The van der Waals surface area contributed by atoms with Gasteiger partial charge in [-0.3, -0.25) is 4.79 Å². The van der Waals surface area contributed by atoms with Crippen molar-refractivity contribution < 1.29 is 19.1 Å². The summed E-state index contributed by atoms with van der Waals surface area (Å²) in [5, 5.41) is 8.74. The zero-order valence-electron chi connectivity index (χ0n) is 14.2. The first kappa shape index (κ1) is 17.5. The summed E-state index contributed by atoms with van der Waals surface area (Å²) in [6.07, 6.45) is 1.83. The number of rotatable bonds is 5. The number of hydrogen-bond donors (Lipinski definition) is 0. The molecule has 0 aliphatic carbocycles. The van der Waals surface area contributed by atoms with Gasteiger partial charge in [0.15, 0.2) is 13.2 Å². The minimum absolute atomic E-state index is 0.246. The molecule has 1 heterocycles. The largest absolute Gasteiger partial charge is 0.482 e. The van der Waals surface area contributed by atoms with Crippen LogP contribution in [0.1, 0.15) is 17.5 Å². The van der Waals surface area contributed by atoms with E-state index in [1.807, 2.05) is 30.3 Å². The van der Waals surface area contributed by atoms with Gasteiger partial charge in [0.25, 0.3) is 5.91 Å². The van der Waals surface area contributed by atoms with Crippen molar-refractivity contribution in [3.63, 3.8) is 0 Å². The summed E-state index contributed by atoms with van der Waals surface area (Å²) < 4.78 is 10.3. The molecule has 6 nitrogen and oxygen atoms in total. The Morgan fingerprint density at radius 1 is 1.08 bits per heavy atom. The van der Waals surface area contributed by atoms with Crippen molar-refractivity contribution in [2.24, 2.45) is 0 Å². The summed E-state index contributed by atoms with van der Waals surface area (Å²) in [5.41, 5.74) is 2.52. The van der Waals surface area contributed by atoms with Crippen LogP contribution in [-0.4, -0.2) is 31.6 Å². The predicted octanol–water partition coefficient (Wildman–Crippen LogP) is 2.46. The minimum atomic E-state index is -0.618. The number of fused-ring (bicyclic) bond motifs is 1. The van der Waals surface area contributed by atoms with Crippen LogP contribution in [0.2, 0.25) is 0 Å². The first-order valence-electron chi connectivity index (χ1n) is 8.34. The standard InChI is InChI=1S/C20H18N2O4/c21-12-15-7-9-17(10-8-15)25-14-20(24)26-13-19(23)22-11-3-5-16-4-1-2-6-18(16)22/h1-2,4,6-10H,3,5,11,13-14H2. The molecule has 0 aromatic heterocycles. The van der Waals surface area contributed by atoms with Crippen molar-refractivity contribution in [2.75, 3.05) is 24.7 Å². The van der Waals surface area contributed by atoms with Crippen LogP contribution in [0.3, 0.4) is 0 Å². The number of amides is 1. The topological polar surface area (TPSA) is 79.6 Å². The van der Waals surface area contributed by atoms with Gasteiger partial charge in [-0.15, -0.1) is 0 Å². The summed E-state index contributed by atoms with van der Waals surface area (Å²) in [4.78, 5) is 25.8. The molecule has 26 heavy (non-hydrogen) atoms. The molecule has 1 aliphatic heterocycles. The molecule has 0 saturated carbocycles. The van der Waals surface area contributed by atoms with E-state index in [-0.39, 0.29) is 19.1 Å². The van der Waals surface area contributed by atoms with Crippen molar-refractivity contribution in [3.05, 3.63) is 59.7 Å². The molecule has 132 valence electrons. The molecule has 0 saturated heterocycles. The maximum Gasteiger partial charge on any atom is 0.344 e. The van der Waals surface area contributed by atoms with Crippen LogP contribution >= 0.6 is 0 Å². The van der Waals surface area contributed by atoms with Crippen molar-refractivity contribution in [2.45, 2.75) is 12.8 Å². The SMILES string of the molecule is N#Cc1ccc(OCC(=O)OCC(=O)N2CCCc3ccccc32)cc1. The van der Waals surface area contributed by atoms with E-state index in [2.05, 4.69) is 0 Å². The van der Waals surface area contributed by atoms with E-state index in [1.165, 1.54) is 0 Å². The number of carbonyl (C=O) groups is 2. The molecule has 3 rings (SSSR count). The number of esters is 1. The zero-order chi connectivity index (χ0) is 18.4. The molecule has 1 aliphatic rings. The third-order valence-electron chi connectivity index (χ3n) is 4.11. The van der Waals surface area contributed by atoms with Gasteiger partial charge in [-0.25, -0.2) is 4.79 Å². The van der Waals surface area contributed by atoms with Gasteiger partial charge in [-0.2, -0.15) is 5.26 Å². The second-order valence-corrected chi connectivity index (χ2v) is 5.86. The van der Waals surface area contributed by atoms with Crippen LogP contribution in [0.15, 0.2) is 48.5 Å². The number of carbonyl (C=O) groups excluding carboxylic acids is 2. The summed E-state index contributed by atoms with van der Waals surface area (Å²) in [7, 11) is 0. The Kier molecular flexibility index (Phi) is 5.49. The molecular formula is C20H18N2O4. The fourth-order valence-corrected chi connectivity index (χ4v) is 2.82. The molecule has 0 N–H and O–H groups in total. The highest BCUT2D eigenvalue weighted by atomic mass is 16.6. The molecule has 6 heteroatoms. The van der Waals surface area contributed by atoms with Crippen LogP contribution in [0.25, 0.3) is 0 Å². The number of nitriles is 1. The van der Waals surface area contributed by atoms with Gasteiger partial charge >= 0.3 is 5.97 Å². The van der Waals surface area contributed by atoms with Gasteiger partial charge < -0.3 is 14.4 Å². The lowest BCUT2D eigenvalue weighted by molar-refractivity contribution is -0.149. The second-order valence-electron chi connectivity index (χ2n) is 5.86. The third kappa shape index (κ3) is 4.19. The minimum Gasteiger partial charge on any atom is -0.482 e. The van der Waals surface area contributed by atoms with Crippen molar-refractivity contribution in [1.82, 2.24) is 0 Å². The molecule has 0 bridgehead atoms. The van der Waals surface area contributed by atoms with E-state index in [9.17, 15) is 9.59 Å². The van der Waals surface area contributed by atoms with Gasteiger partial charge in [-0.05, 0) is 48.7 Å². The summed E-state index contributed by atoms with van der Waals surface area (Å²) >= 11 is 0. The maximum atomic E-state index is 12.4. The average Bonchev–Trinajstić information content (AvgIpc) is 2.70. The number of ether oxygens (including phenoxy) is 2. The zero-order valence-corrected chi connectivity index (χ0v) is 14.2. The van der Waals surface area contributed by atoms with E-state index < -0.39 is 5.97 Å². The molecule has 1 amide bonds. The number of benzene rings is 2. The average molecular weight is 350 g/mol. The molecule has 0 fully saturated rings. The highest BCUT2D eigenvalue weighted by Crippen LogP contribution is 2.26. The summed E-state index contributed by atoms with van der Waals surface area (Å²) in [5.74, 6) is -0.408. The molecule has 0 radical (unpaired) electrons. The molecular weight excluding hydrogens is 332 g/mol. The van der Waals surface area contributed by atoms with E-state index in [4.69, 9.17) is 14.7 Å². The first-order valence-corrected chi connectivity index (χ1v) is 8.34. The van der Waals surface area contributed by atoms with Gasteiger partial charge in [-0.1, -0.05) is 18.2 Å². The Bertz CT molecular complexity index is 840. The van der Waals surface area contributed by atoms with E-state index in [0.717, 1.165) is 24.1 Å². The van der Waals surface area contributed by atoms with Crippen LogP contribution in [0, 0.1) is 11.3 Å². The van der Waals surface area contributed by atoms with Gasteiger partial charge in [0, 0.05) is 12.2 Å². The number of hydrogen-bond acceptors (Lipinski definition) is 5. The monoisotopic (exact) mass is 350 g/mol. The van der Waals surface area contributed by atoms with Crippen LogP contribution in [-0.2, 0) is 20.7 Å². The molecule has 0 atom stereocenters. The second kappa shape index (κ2) is 8.17. The Morgan fingerprint density at radius 3 is 2.62 bits per heavy atom.